The van der Waals surface area contributed by atoms with Gasteiger partial charge in [0, 0.05) is 13.7 Å². The molecule has 0 saturated carbocycles. The fourth-order valence-electron chi connectivity index (χ4n) is 1.80. The molecule has 0 bridgehead atoms. The molecule has 0 saturated heterocycles. The first kappa shape index (κ1) is 16.0. The van der Waals surface area contributed by atoms with Crippen LogP contribution < -0.4 is 10.1 Å². The van der Waals surface area contributed by atoms with Crippen LogP contribution in [0.15, 0.2) is 24.3 Å². The van der Waals surface area contributed by atoms with Crippen LogP contribution in [0.3, 0.4) is 0 Å². The summed E-state index contributed by atoms with van der Waals surface area (Å²) in [5.41, 5.74) is 1.12. The second kappa shape index (κ2) is 9.78. The van der Waals surface area contributed by atoms with Crippen LogP contribution in [0.1, 0.15) is 25.0 Å². The average Bonchev–Trinajstić information content (AvgIpc) is 2.46. The summed E-state index contributed by atoms with van der Waals surface area (Å²) in [5, 5.41) is 3.39. The van der Waals surface area contributed by atoms with E-state index >= 15 is 0 Å². The van der Waals surface area contributed by atoms with E-state index in [1.807, 2.05) is 18.2 Å². The summed E-state index contributed by atoms with van der Waals surface area (Å²) in [6, 6.07) is 8.01. The maximum Gasteiger partial charge on any atom is 0.119 e. The van der Waals surface area contributed by atoms with Gasteiger partial charge in [0.15, 0.2) is 0 Å². The summed E-state index contributed by atoms with van der Waals surface area (Å²) >= 11 is 0. The molecule has 1 rings (SSSR count). The average molecular weight is 267 g/mol. The zero-order chi connectivity index (χ0) is 13.9. The molecule has 0 aliphatic carbocycles. The van der Waals surface area contributed by atoms with Crippen molar-refractivity contribution in [2.45, 2.75) is 19.4 Å². The van der Waals surface area contributed by atoms with E-state index < -0.39 is 0 Å². The van der Waals surface area contributed by atoms with Gasteiger partial charge in [0.2, 0.25) is 0 Å². The fraction of sp³-hybridized carbons (Fsp3) is 0.600. The third-order valence-electron chi connectivity index (χ3n) is 2.83. The van der Waals surface area contributed by atoms with Gasteiger partial charge in [-0.15, -0.1) is 0 Å². The Labute approximate surface area is 116 Å². The molecule has 0 amide bonds. The normalized spacial score (nSPS) is 12.4. The Bertz CT molecular complexity index is 334. The Morgan fingerprint density at radius 1 is 1.21 bits per heavy atom. The molecule has 19 heavy (non-hydrogen) atoms. The van der Waals surface area contributed by atoms with Crippen molar-refractivity contribution in [3.63, 3.8) is 0 Å². The molecule has 0 heterocycles. The van der Waals surface area contributed by atoms with Crippen molar-refractivity contribution in [2.75, 3.05) is 40.5 Å². The molecular weight excluding hydrogens is 242 g/mol. The lowest BCUT2D eigenvalue weighted by Crippen LogP contribution is -2.25. The molecule has 1 atom stereocenters. The van der Waals surface area contributed by atoms with Crippen molar-refractivity contribution in [1.29, 1.82) is 0 Å². The predicted octanol–water partition coefficient (Wildman–Crippen LogP) is 2.40. The number of rotatable bonds is 10. The Hall–Kier alpha value is -1.10. The molecule has 0 aliphatic rings. The number of ether oxygens (including phenoxy) is 3. The molecule has 4 nitrogen and oxygen atoms in total. The highest BCUT2D eigenvalue weighted by atomic mass is 16.5. The van der Waals surface area contributed by atoms with Crippen molar-refractivity contribution in [3.05, 3.63) is 29.8 Å². The Morgan fingerprint density at radius 3 is 2.74 bits per heavy atom. The first-order valence-corrected chi connectivity index (χ1v) is 6.77. The standard InChI is InChI=1S/C15H25NO3/c1-4-8-16-12-15(19-10-9-17-2)13-6-5-7-14(11-13)18-3/h5-7,11,15-16H,4,8-10,12H2,1-3H3. The second-order valence-electron chi connectivity index (χ2n) is 4.33. The van der Waals surface area contributed by atoms with Crippen LogP contribution in [-0.4, -0.2) is 40.5 Å². The van der Waals surface area contributed by atoms with Crippen LogP contribution in [0.4, 0.5) is 0 Å². The smallest absolute Gasteiger partial charge is 0.119 e. The number of benzene rings is 1. The van der Waals surface area contributed by atoms with Crippen molar-refractivity contribution in [1.82, 2.24) is 5.32 Å². The van der Waals surface area contributed by atoms with Crippen LogP contribution >= 0.6 is 0 Å². The van der Waals surface area contributed by atoms with Gasteiger partial charge in [-0.05, 0) is 30.7 Å². The van der Waals surface area contributed by atoms with Gasteiger partial charge in [0.05, 0.1) is 26.4 Å². The quantitative estimate of drug-likeness (QED) is 0.661. The van der Waals surface area contributed by atoms with E-state index in [1.54, 1.807) is 14.2 Å². The van der Waals surface area contributed by atoms with Gasteiger partial charge >= 0.3 is 0 Å². The summed E-state index contributed by atoms with van der Waals surface area (Å²) < 4.78 is 16.2. The lowest BCUT2D eigenvalue weighted by atomic mass is 10.1. The van der Waals surface area contributed by atoms with E-state index in [4.69, 9.17) is 14.2 Å². The lowest BCUT2D eigenvalue weighted by Gasteiger charge is -2.19. The lowest BCUT2D eigenvalue weighted by molar-refractivity contribution is 0.0166. The largest absolute Gasteiger partial charge is 0.497 e. The fourth-order valence-corrected chi connectivity index (χ4v) is 1.80. The minimum Gasteiger partial charge on any atom is -0.497 e. The summed E-state index contributed by atoms with van der Waals surface area (Å²) in [7, 11) is 3.36. The summed E-state index contributed by atoms with van der Waals surface area (Å²) in [5.74, 6) is 0.855. The molecule has 0 aliphatic heterocycles. The van der Waals surface area contributed by atoms with Crippen LogP contribution in [0, 0.1) is 0 Å². The Balaban J connectivity index is 2.63. The highest BCUT2D eigenvalue weighted by Crippen LogP contribution is 2.21. The van der Waals surface area contributed by atoms with E-state index in [0.29, 0.717) is 13.2 Å². The molecule has 1 aromatic carbocycles. The molecule has 108 valence electrons. The molecule has 0 radical (unpaired) electrons. The van der Waals surface area contributed by atoms with Crippen molar-refractivity contribution < 1.29 is 14.2 Å². The molecule has 1 aromatic rings. The third kappa shape index (κ3) is 6.05. The van der Waals surface area contributed by atoms with Gasteiger partial charge in [0.25, 0.3) is 0 Å². The van der Waals surface area contributed by atoms with E-state index in [0.717, 1.165) is 30.8 Å². The van der Waals surface area contributed by atoms with Gasteiger partial charge in [-0.2, -0.15) is 0 Å². The molecule has 1 N–H and O–H groups in total. The van der Waals surface area contributed by atoms with Crippen molar-refractivity contribution in [2.24, 2.45) is 0 Å². The van der Waals surface area contributed by atoms with E-state index in [2.05, 4.69) is 18.3 Å². The zero-order valence-corrected chi connectivity index (χ0v) is 12.1. The first-order valence-electron chi connectivity index (χ1n) is 6.77. The summed E-state index contributed by atoms with van der Waals surface area (Å²) in [4.78, 5) is 0. The minimum absolute atomic E-state index is 0.0248. The van der Waals surface area contributed by atoms with Gasteiger partial charge < -0.3 is 19.5 Å². The summed E-state index contributed by atoms with van der Waals surface area (Å²) in [6.45, 7) is 5.14. The maximum absolute atomic E-state index is 5.87. The van der Waals surface area contributed by atoms with Gasteiger partial charge in [-0.3, -0.25) is 0 Å². The van der Waals surface area contributed by atoms with E-state index in [1.165, 1.54) is 0 Å². The van der Waals surface area contributed by atoms with Crippen LogP contribution in [0.2, 0.25) is 0 Å². The van der Waals surface area contributed by atoms with Crippen LogP contribution in [-0.2, 0) is 9.47 Å². The Kier molecular flexibility index (Phi) is 8.21. The number of methoxy groups -OCH3 is 2. The number of nitrogens with one attached hydrogen (secondary N) is 1. The van der Waals surface area contributed by atoms with Gasteiger partial charge in [0.1, 0.15) is 5.75 Å². The van der Waals surface area contributed by atoms with Crippen LogP contribution in [0.25, 0.3) is 0 Å². The number of hydrogen-bond acceptors (Lipinski definition) is 4. The molecule has 0 spiro atoms. The molecular formula is C15H25NO3. The predicted molar refractivity (Wildman–Crippen MR) is 76.7 cm³/mol. The molecule has 1 unspecified atom stereocenters. The molecule has 4 heteroatoms. The zero-order valence-electron chi connectivity index (χ0n) is 12.1. The van der Waals surface area contributed by atoms with Gasteiger partial charge in [-0.1, -0.05) is 19.1 Å². The molecule has 0 fully saturated rings. The highest BCUT2D eigenvalue weighted by molar-refractivity contribution is 5.30. The second-order valence-corrected chi connectivity index (χ2v) is 4.33. The molecule has 0 aromatic heterocycles. The number of hydrogen-bond donors (Lipinski definition) is 1. The minimum atomic E-state index is 0.0248. The van der Waals surface area contributed by atoms with Gasteiger partial charge in [-0.25, -0.2) is 0 Å². The monoisotopic (exact) mass is 267 g/mol. The van der Waals surface area contributed by atoms with Crippen LogP contribution in [0.5, 0.6) is 5.75 Å². The van der Waals surface area contributed by atoms with Crippen molar-refractivity contribution in [3.8, 4) is 5.75 Å². The SMILES string of the molecule is CCCNCC(OCCOC)c1cccc(OC)c1. The summed E-state index contributed by atoms with van der Waals surface area (Å²) in [6.07, 6.45) is 1.14. The highest BCUT2D eigenvalue weighted by Gasteiger charge is 2.12. The van der Waals surface area contributed by atoms with Crippen molar-refractivity contribution >= 4 is 0 Å². The maximum atomic E-state index is 5.87. The first-order chi connectivity index (χ1) is 9.31. The topological polar surface area (TPSA) is 39.7 Å². The van der Waals surface area contributed by atoms with E-state index in [-0.39, 0.29) is 6.10 Å². The Morgan fingerprint density at radius 2 is 2.05 bits per heavy atom. The van der Waals surface area contributed by atoms with E-state index in [9.17, 15) is 0 Å². The third-order valence-corrected chi connectivity index (χ3v) is 2.83.